The average molecular weight is 996 g/mol. The zero-order chi connectivity index (χ0) is 45.3. The molecule has 0 N–H and O–H groups in total. The zero-order valence-corrected chi connectivity index (χ0v) is 40.5. The van der Waals surface area contributed by atoms with Crippen LogP contribution in [0, 0.1) is 0 Å². The van der Waals surface area contributed by atoms with E-state index in [1.807, 2.05) is 0 Å². The summed E-state index contributed by atoms with van der Waals surface area (Å²) in [7, 11) is 0. The fraction of sp³-hybridized carbons (Fsp3) is 0.0541. The molecule has 0 aromatic heterocycles. The maximum absolute atomic E-state index is 8.32. The Balaban J connectivity index is 1.09. The number of rotatable bonds is 3. The Morgan fingerprint density at radius 1 is 0.263 bits per heavy atom. The first kappa shape index (κ1) is 29.5. The molecule has 5 aliphatic rings. The third-order valence-electron chi connectivity index (χ3n) is 26.4. The predicted molar refractivity (Wildman–Crippen MR) is 320 cm³/mol. The fourth-order valence-corrected chi connectivity index (χ4v) is 29.9. The van der Waals surface area contributed by atoms with Crippen LogP contribution in [0.15, 0.2) is 54.6 Å². The Hall–Kier alpha value is -8.62. The zero-order valence-electron chi connectivity index (χ0n) is 38.8. The summed E-state index contributed by atoms with van der Waals surface area (Å²) in [6.45, 7) is 0.594. The van der Waals surface area contributed by atoms with Gasteiger partial charge in [-0.3, -0.25) is 0 Å². The second-order valence-corrected chi connectivity index (χ2v) is 29.7. The van der Waals surface area contributed by atoms with E-state index >= 15 is 0 Å². The van der Waals surface area contributed by atoms with Crippen molar-refractivity contribution in [2.45, 2.75) is 22.4 Å². The van der Waals surface area contributed by atoms with Crippen LogP contribution < -0.4 is 4.46 Å². The van der Waals surface area contributed by atoms with Gasteiger partial charge in [-0.1, -0.05) is 0 Å². The Morgan fingerprint density at radius 2 is 0.500 bits per heavy atom. The summed E-state index contributed by atoms with van der Waals surface area (Å²) in [6, 6.07) is 21.2. The minimum atomic E-state index is -0.471. The molecule has 30 aromatic rings. The molecule has 0 fully saturated rings. The Morgan fingerprint density at radius 3 is 0.789 bits per heavy atom. The molecule has 1 aliphatic heterocycles. The van der Waals surface area contributed by atoms with Gasteiger partial charge >= 0.3 is 425 Å². The van der Waals surface area contributed by atoms with Gasteiger partial charge < -0.3 is 0 Å². The molecule has 2 spiro atoms. The molecule has 320 valence electrons. The molecule has 0 saturated heterocycles. The van der Waals surface area contributed by atoms with E-state index in [9.17, 15) is 0 Å². The van der Waals surface area contributed by atoms with Gasteiger partial charge in [-0.2, -0.15) is 0 Å². The van der Waals surface area contributed by atoms with Crippen LogP contribution in [0.4, 0.5) is 0 Å². The first-order valence-corrected chi connectivity index (χ1v) is 29.8. The summed E-state index contributed by atoms with van der Waals surface area (Å²) in [5.41, 5.74) is 9.18. The quantitative estimate of drug-likeness (QED) is 0.127. The van der Waals surface area contributed by atoms with E-state index in [2.05, 4.69) is 54.6 Å². The van der Waals surface area contributed by atoms with Crippen molar-refractivity contribution in [1.29, 1.82) is 0 Å². The first-order chi connectivity index (χ1) is 37.9. The van der Waals surface area contributed by atoms with Crippen molar-refractivity contribution in [1.82, 2.24) is 0 Å². The molecule has 0 radical (unpaired) electrons. The number of fused-ring (bicyclic) bond motifs is 1. The van der Waals surface area contributed by atoms with Gasteiger partial charge in [-0.05, 0) is 0 Å². The maximum atomic E-state index is 8.32. The monoisotopic (exact) mass is 996 g/mol. The number of ether oxygens (including phenoxy) is 1. The molecule has 30 aromatic carbocycles. The Labute approximate surface area is 422 Å². The van der Waals surface area contributed by atoms with Crippen molar-refractivity contribution in [3.63, 3.8) is 0 Å². The SMILES string of the molecule is c1ccc(COC2c3ccccc3[Se]C34c5c6c7c8c9c%10c(c%11c%12c3c3c5c5c%13c6c6c7c7c9c9c%14c%10c%10c%11c%11c%12c%12c3c3c5c5c%13c%13c6c6c7c9c7c9c%14c%10c%10c%11c%11c%12c3c3c5c5c%13c6c7c6c9c%10c%11c3c56)C824)cc1. The molecule has 0 bridgehead atoms. The Kier molecular flexibility index (Phi) is 2.71. The third kappa shape index (κ3) is 1.67. The molecule has 0 saturated carbocycles. The first-order valence-electron chi connectivity index (χ1n) is 28.1. The van der Waals surface area contributed by atoms with Crippen LogP contribution in [0.2, 0.25) is 0 Å². The van der Waals surface area contributed by atoms with Crippen molar-refractivity contribution in [2.75, 3.05) is 0 Å². The van der Waals surface area contributed by atoms with E-state index in [0.29, 0.717) is 6.61 Å². The minimum absolute atomic E-state index is 0.0272. The van der Waals surface area contributed by atoms with E-state index in [4.69, 9.17) is 4.74 Å². The second-order valence-electron chi connectivity index (χ2n) is 27.1. The van der Waals surface area contributed by atoms with Gasteiger partial charge in [0.2, 0.25) is 0 Å². The van der Waals surface area contributed by atoms with E-state index in [1.54, 1.807) is 318 Å². The van der Waals surface area contributed by atoms with Crippen LogP contribution >= 0.6 is 0 Å². The van der Waals surface area contributed by atoms with Crippen molar-refractivity contribution >= 4 is 310 Å². The number of benzene rings is 20. The molecule has 1 heterocycles. The van der Waals surface area contributed by atoms with Crippen LogP contribution in [-0.4, -0.2) is 15.0 Å². The third-order valence-corrected chi connectivity index (χ3v) is 29.8. The molecular weight excluding hydrogens is 984 g/mol. The predicted octanol–water partition coefficient (Wildman–Crippen LogP) is 18.6. The topological polar surface area (TPSA) is 9.23 Å². The molecule has 2 heteroatoms. The summed E-state index contributed by atoms with van der Waals surface area (Å²) in [4.78, 5) is 0. The van der Waals surface area contributed by atoms with E-state index < -0.39 is 5.41 Å². The van der Waals surface area contributed by atoms with Gasteiger partial charge in [0.25, 0.3) is 0 Å². The molecule has 1 atom stereocenters. The fourth-order valence-electron chi connectivity index (χ4n) is 26.0. The van der Waals surface area contributed by atoms with Crippen molar-refractivity contribution in [3.8, 4) is 0 Å². The normalized spacial score (nSPS) is 22.5. The van der Waals surface area contributed by atoms with Crippen molar-refractivity contribution in [3.05, 3.63) is 88.0 Å². The summed E-state index contributed by atoms with van der Waals surface area (Å²) >= 11 is 0.0272. The van der Waals surface area contributed by atoms with Gasteiger partial charge in [-0.15, -0.1) is 0 Å². The summed E-state index contributed by atoms with van der Waals surface area (Å²) in [5, 5.41) is 89.4. The van der Waals surface area contributed by atoms with Gasteiger partial charge in [0.05, 0.1) is 0 Å². The van der Waals surface area contributed by atoms with Crippen LogP contribution in [0.5, 0.6) is 0 Å². The standard InChI is InChI=1S/C74H12OSe/c1-2-6-11(7-3-1)10-75-72-12-8-4-5-9-13(12)76-74-70-64-58-48-36-28-20-16-14-15-18-22(20)30(36)40-34-26(18)27-19(15)23-21-17(14)25-24(16)32-38(28)46-52-42(32)43-33(25)39-29(21)37-31(23)41-35(27)45-44(34)56(50(40)58)66(70)67-57(45)51(41)59-49(37)55-47(39)53(43)61-60(52)68(62(64)54(46)48)73(72,74)69(61)63(55)65(59)71(67)74/h1-9,72H,10H2. The molecule has 1 nitrogen and oxygen atoms in total. The van der Waals surface area contributed by atoms with E-state index in [-0.39, 0.29) is 25.4 Å². The molecule has 1 unspecified atom stereocenters. The number of hydrogen-bond acceptors (Lipinski definition) is 1. The molecule has 35 rings (SSSR count). The van der Waals surface area contributed by atoms with Crippen LogP contribution in [0.25, 0.3) is 291 Å². The van der Waals surface area contributed by atoms with E-state index in [1.165, 1.54) is 11.1 Å². The van der Waals surface area contributed by atoms with Crippen molar-refractivity contribution < 1.29 is 4.74 Å². The second kappa shape index (κ2) is 7.00. The number of hydrogen-bond donors (Lipinski definition) is 0. The van der Waals surface area contributed by atoms with Crippen LogP contribution in [0.1, 0.15) is 39.5 Å². The van der Waals surface area contributed by atoms with Gasteiger partial charge in [0.15, 0.2) is 0 Å². The van der Waals surface area contributed by atoms with E-state index in [0.717, 1.165) is 0 Å². The molecule has 4 aliphatic carbocycles. The molecule has 0 amide bonds. The molecule has 76 heavy (non-hydrogen) atoms. The van der Waals surface area contributed by atoms with Gasteiger partial charge in [0.1, 0.15) is 0 Å². The van der Waals surface area contributed by atoms with Gasteiger partial charge in [0, 0.05) is 0 Å². The Bertz CT molecular complexity index is 7590. The summed E-state index contributed by atoms with van der Waals surface area (Å²) in [5.74, 6) is 0. The summed E-state index contributed by atoms with van der Waals surface area (Å²) in [6.07, 6.45) is -0.185. The van der Waals surface area contributed by atoms with Crippen LogP contribution in [-0.2, 0) is 21.1 Å². The van der Waals surface area contributed by atoms with Gasteiger partial charge in [-0.25, -0.2) is 0 Å². The van der Waals surface area contributed by atoms with Crippen molar-refractivity contribution in [2.24, 2.45) is 0 Å². The summed E-state index contributed by atoms with van der Waals surface area (Å²) < 4.78 is 9.56. The molecular formula is C74H12OSe. The average Bonchev–Trinajstić information content (AvgIpc) is 1.88. The van der Waals surface area contributed by atoms with Crippen LogP contribution in [0.3, 0.4) is 0 Å².